The van der Waals surface area contributed by atoms with Crippen LogP contribution in [0.4, 0.5) is 0 Å². The lowest BCUT2D eigenvalue weighted by Gasteiger charge is -2.40. The highest BCUT2D eigenvalue weighted by Gasteiger charge is 2.35. The van der Waals surface area contributed by atoms with Gasteiger partial charge in [0.15, 0.2) is 0 Å². The summed E-state index contributed by atoms with van der Waals surface area (Å²) in [5.74, 6) is 2.11. The van der Waals surface area contributed by atoms with Gasteiger partial charge in [-0.1, -0.05) is 76.3 Å². The summed E-state index contributed by atoms with van der Waals surface area (Å²) in [7, 11) is 0. The van der Waals surface area contributed by atoms with Gasteiger partial charge in [-0.3, -0.25) is 0 Å². The average Bonchev–Trinajstić information content (AvgIpc) is 2.47. The fraction of sp³-hybridized carbons (Fsp3) is 0.667. The van der Waals surface area contributed by atoms with Gasteiger partial charge in [-0.2, -0.15) is 0 Å². The molecule has 21 heavy (non-hydrogen) atoms. The molecule has 0 spiro atoms. The zero-order chi connectivity index (χ0) is 15.5. The Hall–Kier alpha value is -0.170. The van der Waals surface area contributed by atoms with E-state index in [2.05, 4.69) is 58.0 Å². The minimum atomic E-state index is -1.89. The largest absolute Gasteiger partial charge is 0.343 e. The molecule has 0 heterocycles. The number of rotatable bonds is 5. The molecule has 1 nitrogen and oxygen atoms in total. The highest BCUT2D eigenvalue weighted by atomic mass is 32.4. The highest BCUT2D eigenvalue weighted by molar-refractivity contribution is 8.15. The maximum Gasteiger partial charge on any atom is 0.0948 e. The second kappa shape index (κ2) is 7.40. The summed E-state index contributed by atoms with van der Waals surface area (Å²) in [5.41, 5.74) is 0. The number of benzene rings is 1. The van der Waals surface area contributed by atoms with E-state index >= 15 is 0 Å². The van der Waals surface area contributed by atoms with Crippen LogP contribution >= 0.6 is 6.26 Å². The average molecular weight is 324 g/mol. The molecule has 1 unspecified atom stereocenters. The van der Waals surface area contributed by atoms with Gasteiger partial charge in [0.25, 0.3) is 0 Å². The second-order valence-corrected chi connectivity index (χ2v) is 11.3. The third-order valence-corrected chi connectivity index (χ3v) is 9.03. The quantitative estimate of drug-likeness (QED) is 0.688. The zero-order valence-corrected chi connectivity index (χ0v) is 15.5. The summed E-state index contributed by atoms with van der Waals surface area (Å²) in [6.07, 6.45) is 3.20. The predicted octanol–water partition coefficient (Wildman–Crippen LogP) is 5.20. The maximum absolute atomic E-state index is 6.68. The Morgan fingerprint density at radius 3 is 2.48 bits per heavy atom. The van der Waals surface area contributed by atoms with Crippen LogP contribution in [0, 0.1) is 17.8 Å². The lowest BCUT2D eigenvalue weighted by Crippen LogP contribution is -2.34. The van der Waals surface area contributed by atoms with Gasteiger partial charge in [-0.25, -0.2) is 0 Å². The van der Waals surface area contributed by atoms with Crippen LogP contribution in [0.2, 0.25) is 0 Å². The molecule has 118 valence electrons. The van der Waals surface area contributed by atoms with Crippen molar-refractivity contribution in [2.75, 3.05) is 6.16 Å². The van der Waals surface area contributed by atoms with Gasteiger partial charge in [0, 0.05) is 11.5 Å². The van der Waals surface area contributed by atoms with Crippen molar-refractivity contribution in [2.45, 2.75) is 53.1 Å². The van der Waals surface area contributed by atoms with Gasteiger partial charge in [0.1, 0.15) is 0 Å². The van der Waals surface area contributed by atoms with Crippen LogP contribution in [-0.2, 0) is 16.3 Å². The van der Waals surface area contributed by atoms with Crippen molar-refractivity contribution in [1.29, 1.82) is 0 Å². The molecule has 0 amide bonds. The second-order valence-electron chi connectivity index (χ2n) is 6.80. The first-order chi connectivity index (χ1) is 9.96. The minimum absolute atomic E-state index is 0.347. The van der Waals surface area contributed by atoms with Crippen molar-refractivity contribution in [1.82, 2.24) is 0 Å². The third-order valence-electron chi connectivity index (χ3n) is 4.83. The summed E-state index contributed by atoms with van der Waals surface area (Å²) in [6.45, 7) is 9.19. The fourth-order valence-electron chi connectivity index (χ4n) is 3.43. The smallest absolute Gasteiger partial charge is 0.0948 e. The first-order valence-electron chi connectivity index (χ1n) is 8.29. The summed E-state index contributed by atoms with van der Waals surface area (Å²) < 4.78 is 6.68. The molecular weight excluding hydrogens is 295 g/mol. The van der Waals surface area contributed by atoms with E-state index in [9.17, 15) is 0 Å². The van der Waals surface area contributed by atoms with Gasteiger partial charge < -0.3 is 4.52 Å². The molecule has 0 saturated heterocycles. The number of hydrogen-bond donors (Lipinski definition) is 0. The maximum atomic E-state index is 6.68. The van der Waals surface area contributed by atoms with E-state index in [-0.39, 0.29) is 0 Å². The molecule has 1 saturated carbocycles. The molecule has 0 aliphatic heterocycles. The van der Waals surface area contributed by atoms with Crippen molar-refractivity contribution in [3.05, 3.63) is 30.3 Å². The Kier molecular flexibility index (Phi) is 6.05. The van der Waals surface area contributed by atoms with E-state index < -0.39 is 6.26 Å². The van der Waals surface area contributed by atoms with Crippen molar-refractivity contribution in [3.8, 4) is 0 Å². The van der Waals surface area contributed by atoms with Crippen molar-refractivity contribution in [2.24, 2.45) is 17.8 Å². The van der Waals surface area contributed by atoms with E-state index in [0.717, 1.165) is 12.1 Å². The van der Waals surface area contributed by atoms with Crippen LogP contribution in [0.15, 0.2) is 30.3 Å². The van der Waals surface area contributed by atoms with Crippen LogP contribution in [0.3, 0.4) is 0 Å². The lowest BCUT2D eigenvalue weighted by atomic mass is 9.75. The van der Waals surface area contributed by atoms with E-state index in [0.29, 0.717) is 17.9 Å². The molecule has 1 aliphatic carbocycles. The van der Waals surface area contributed by atoms with Crippen LogP contribution in [0.5, 0.6) is 0 Å². The minimum Gasteiger partial charge on any atom is -0.343 e. The Bertz CT molecular complexity index is 485. The first-order valence-corrected chi connectivity index (χ1v) is 11.2. The van der Waals surface area contributed by atoms with Crippen LogP contribution < -0.4 is 5.30 Å². The lowest BCUT2D eigenvalue weighted by molar-refractivity contribution is 0.0560. The Morgan fingerprint density at radius 2 is 1.90 bits per heavy atom. The van der Waals surface area contributed by atoms with E-state index in [4.69, 9.17) is 16.3 Å². The van der Waals surface area contributed by atoms with E-state index in [1.54, 1.807) is 0 Å². The normalized spacial score (nSPS) is 29.3. The predicted molar refractivity (Wildman–Crippen MR) is 97.1 cm³/mol. The molecule has 4 atom stereocenters. The van der Waals surface area contributed by atoms with Crippen molar-refractivity contribution >= 4 is 23.4 Å². The number of hydrogen-bond acceptors (Lipinski definition) is 2. The molecule has 0 bridgehead atoms. The van der Waals surface area contributed by atoms with E-state index in [1.807, 2.05) is 0 Å². The van der Waals surface area contributed by atoms with Crippen molar-refractivity contribution in [3.63, 3.8) is 0 Å². The Labute approximate surface area is 135 Å². The molecule has 1 aliphatic rings. The Morgan fingerprint density at radius 1 is 1.24 bits per heavy atom. The monoisotopic (exact) mass is 324 g/mol. The molecule has 1 fully saturated rings. The molecule has 3 heteroatoms. The topological polar surface area (TPSA) is 9.23 Å². The standard InChI is InChI=1S/C18H29OPS/c1-5-20(21,16-9-7-6-8-10-16)19-18-13-15(4)11-12-17(18)14(2)3/h6-10,14-15,17-18H,5,11-13H2,1-4H3/t15-,17+,18-,20?/m1/s1. The first kappa shape index (κ1) is 17.2. The van der Waals surface area contributed by atoms with Crippen LogP contribution in [0.1, 0.15) is 47.0 Å². The highest BCUT2D eigenvalue weighted by Crippen LogP contribution is 2.51. The summed E-state index contributed by atoms with van der Waals surface area (Å²) in [4.78, 5) is 0. The SMILES string of the molecule is CCP(=S)(O[C@@H]1C[C@H](C)CC[C@H]1C(C)C)c1ccccc1. The molecule has 0 aromatic heterocycles. The molecule has 2 rings (SSSR count). The Balaban J connectivity index is 2.21. The molecule has 1 aromatic rings. The summed E-state index contributed by atoms with van der Waals surface area (Å²) in [5, 5.41) is 1.24. The van der Waals surface area contributed by atoms with Gasteiger partial charge in [0.2, 0.25) is 0 Å². The molecule has 0 radical (unpaired) electrons. The zero-order valence-electron chi connectivity index (χ0n) is 13.8. The van der Waals surface area contributed by atoms with E-state index in [1.165, 1.54) is 24.6 Å². The molecule has 1 aromatic carbocycles. The summed E-state index contributed by atoms with van der Waals surface area (Å²) >= 11 is 6.02. The van der Waals surface area contributed by atoms with Crippen LogP contribution in [0.25, 0.3) is 0 Å². The third kappa shape index (κ3) is 4.18. The molecular formula is C18H29OPS. The van der Waals surface area contributed by atoms with Crippen molar-refractivity contribution < 1.29 is 4.52 Å². The van der Waals surface area contributed by atoms with Gasteiger partial charge in [-0.05, 0) is 30.6 Å². The summed E-state index contributed by atoms with van der Waals surface area (Å²) in [6, 6.07) is 10.5. The van der Waals surface area contributed by atoms with Crippen LogP contribution in [-0.4, -0.2) is 12.3 Å². The van der Waals surface area contributed by atoms with Gasteiger partial charge >= 0.3 is 0 Å². The van der Waals surface area contributed by atoms with Gasteiger partial charge in [-0.15, -0.1) is 0 Å². The molecule has 0 N–H and O–H groups in total. The van der Waals surface area contributed by atoms with Gasteiger partial charge in [0.05, 0.1) is 12.4 Å². The fourth-order valence-corrected chi connectivity index (χ4v) is 6.07.